The normalized spacial score (nSPS) is 15.8. The molecule has 1 aliphatic heterocycles. The summed E-state index contributed by atoms with van der Waals surface area (Å²) in [5.74, 6) is 0.0253. The third kappa shape index (κ3) is 3.79. The number of aromatic amines is 1. The average Bonchev–Trinajstić information content (AvgIpc) is 3.19. The van der Waals surface area contributed by atoms with Crippen molar-refractivity contribution in [2.75, 3.05) is 13.6 Å². The first-order valence-electron chi connectivity index (χ1n) is 7.57. The van der Waals surface area contributed by atoms with Crippen LogP contribution < -0.4 is 5.32 Å². The summed E-state index contributed by atoms with van der Waals surface area (Å²) in [6, 6.07) is 7.66. The van der Waals surface area contributed by atoms with Gasteiger partial charge in [0.15, 0.2) is 0 Å². The van der Waals surface area contributed by atoms with Gasteiger partial charge in [-0.2, -0.15) is 0 Å². The molecule has 1 amide bonds. The number of imidazole rings is 1. The van der Waals surface area contributed by atoms with E-state index in [1.54, 1.807) is 22.6 Å². The van der Waals surface area contributed by atoms with Crippen LogP contribution in [0.3, 0.4) is 0 Å². The molecule has 2 N–H and O–H groups in total. The number of fused-ring (bicyclic) bond motifs is 2. The highest BCUT2D eigenvalue weighted by atomic mass is 35.5. The van der Waals surface area contributed by atoms with Gasteiger partial charge < -0.3 is 15.2 Å². The smallest absolute Gasteiger partial charge is 0.246 e. The fourth-order valence-electron chi connectivity index (χ4n) is 2.91. The van der Waals surface area contributed by atoms with Gasteiger partial charge in [-0.1, -0.05) is 12.1 Å². The number of halogens is 2. The first kappa shape index (κ1) is 19.7. The largest absolute Gasteiger partial charge is 0.348 e. The number of hydrogen-bond donors (Lipinski definition) is 2. The summed E-state index contributed by atoms with van der Waals surface area (Å²) >= 11 is 1.63. The Balaban J connectivity index is 0.00000113. The van der Waals surface area contributed by atoms with Gasteiger partial charge in [0.05, 0.1) is 28.8 Å². The number of nitrogens with one attached hydrogen (secondary N) is 2. The third-order valence-corrected chi connectivity index (χ3v) is 5.10. The fourth-order valence-corrected chi connectivity index (χ4v) is 3.93. The highest BCUT2D eigenvalue weighted by molar-refractivity contribution is 7.18. The molecule has 0 saturated carbocycles. The van der Waals surface area contributed by atoms with Gasteiger partial charge in [0, 0.05) is 25.7 Å². The number of nitrogens with zero attached hydrogens (tertiary/aromatic N) is 3. The Morgan fingerprint density at radius 2 is 2.16 bits per heavy atom. The maximum absolute atomic E-state index is 12.8. The molecule has 1 aromatic carbocycles. The van der Waals surface area contributed by atoms with Crippen LogP contribution in [-0.4, -0.2) is 39.4 Å². The molecular weight excluding hydrogens is 381 g/mol. The van der Waals surface area contributed by atoms with E-state index in [9.17, 15) is 4.79 Å². The van der Waals surface area contributed by atoms with Gasteiger partial charge in [0.1, 0.15) is 11.0 Å². The lowest BCUT2D eigenvalue weighted by molar-refractivity contribution is -0.133. The van der Waals surface area contributed by atoms with Crippen molar-refractivity contribution in [2.24, 2.45) is 0 Å². The maximum Gasteiger partial charge on any atom is 0.246 e. The van der Waals surface area contributed by atoms with E-state index < -0.39 is 0 Å². The topological polar surface area (TPSA) is 73.9 Å². The number of H-pyrrole nitrogens is 1. The van der Waals surface area contributed by atoms with Crippen molar-refractivity contribution in [3.05, 3.63) is 47.0 Å². The predicted octanol–water partition coefficient (Wildman–Crippen LogP) is 2.71. The molecule has 9 heteroatoms. The van der Waals surface area contributed by atoms with Gasteiger partial charge in [-0.3, -0.25) is 4.79 Å². The summed E-state index contributed by atoms with van der Waals surface area (Å²) in [4.78, 5) is 26.5. The molecule has 0 aliphatic carbocycles. The molecule has 2 aromatic heterocycles. The Kier molecular flexibility index (Phi) is 6.40. The molecule has 3 heterocycles. The van der Waals surface area contributed by atoms with E-state index in [2.05, 4.69) is 26.3 Å². The average molecular weight is 400 g/mol. The van der Waals surface area contributed by atoms with Gasteiger partial charge >= 0.3 is 0 Å². The molecule has 3 aromatic rings. The second kappa shape index (κ2) is 8.14. The van der Waals surface area contributed by atoms with Crippen LogP contribution in [0.1, 0.15) is 22.4 Å². The van der Waals surface area contributed by atoms with Crippen molar-refractivity contribution in [3.63, 3.8) is 0 Å². The van der Waals surface area contributed by atoms with E-state index in [-0.39, 0.29) is 36.8 Å². The van der Waals surface area contributed by atoms with Crippen LogP contribution in [-0.2, 0) is 17.8 Å². The summed E-state index contributed by atoms with van der Waals surface area (Å²) < 4.78 is 1.15. The third-order valence-electron chi connectivity index (χ3n) is 4.08. The zero-order valence-electron chi connectivity index (χ0n) is 13.6. The molecular formula is C16H19Cl2N5OS. The Labute approximate surface area is 161 Å². The van der Waals surface area contributed by atoms with Crippen LogP contribution in [0.25, 0.3) is 10.2 Å². The van der Waals surface area contributed by atoms with E-state index in [1.807, 2.05) is 25.2 Å². The molecule has 0 fully saturated rings. The Bertz CT molecular complexity index is 832. The summed E-state index contributed by atoms with van der Waals surface area (Å²) in [6.45, 7) is 1.29. The van der Waals surface area contributed by atoms with Gasteiger partial charge in [-0.15, -0.1) is 36.2 Å². The molecule has 0 saturated heterocycles. The molecule has 1 atom stereocenters. The first-order chi connectivity index (χ1) is 11.2. The van der Waals surface area contributed by atoms with Crippen LogP contribution in [0.5, 0.6) is 0 Å². The molecule has 134 valence electrons. The highest BCUT2D eigenvalue weighted by Gasteiger charge is 2.30. The highest BCUT2D eigenvalue weighted by Crippen LogP contribution is 2.25. The Morgan fingerprint density at radius 3 is 2.96 bits per heavy atom. The number of amides is 1. The summed E-state index contributed by atoms with van der Waals surface area (Å²) in [6.07, 6.45) is 2.53. The number of carbonyl (C=O) groups is 1. The quantitative estimate of drug-likeness (QED) is 0.709. The number of likely N-dealkylation sites (N-methyl/N-ethyl adjacent to an activating group) is 1. The van der Waals surface area contributed by atoms with Crippen LogP contribution in [0.4, 0.5) is 0 Å². The van der Waals surface area contributed by atoms with Gasteiger partial charge in [-0.05, 0) is 12.1 Å². The van der Waals surface area contributed by atoms with Gasteiger partial charge in [-0.25, -0.2) is 9.97 Å². The summed E-state index contributed by atoms with van der Waals surface area (Å²) in [5.41, 5.74) is 2.85. The maximum atomic E-state index is 12.8. The minimum Gasteiger partial charge on any atom is -0.348 e. The molecule has 25 heavy (non-hydrogen) atoms. The second-order valence-corrected chi connectivity index (χ2v) is 6.79. The first-order valence-corrected chi connectivity index (χ1v) is 8.39. The standard InChI is InChI=1S/C16H17N5OS.2ClH/c1-21(8-13-20-10-4-2-3-5-12(10)23-13)16(22)15-14-11(6-7-17-15)18-9-19-14;;/h2-5,9,15,17H,6-8H2,1H3,(H,18,19);2*1H. The fraction of sp³-hybridized carbons (Fsp3) is 0.312. The molecule has 1 aliphatic rings. The molecule has 0 spiro atoms. The van der Waals surface area contributed by atoms with Crippen molar-refractivity contribution < 1.29 is 4.79 Å². The number of carbonyl (C=O) groups excluding carboxylic acids is 1. The second-order valence-electron chi connectivity index (χ2n) is 5.67. The number of para-hydroxylation sites is 1. The molecule has 4 rings (SSSR count). The SMILES string of the molecule is CN(Cc1nc2ccccc2s1)C(=O)C1NCCc2[nH]cnc21.Cl.Cl. The van der Waals surface area contributed by atoms with Crippen molar-refractivity contribution in [2.45, 2.75) is 19.0 Å². The van der Waals surface area contributed by atoms with Crippen molar-refractivity contribution in [3.8, 4) is 0 Å². The van der Waals surface area contributed by atoms with E-state index in [0.717, 1.165) is 39.6 Å². The monoisotopic (exact) mass is 399 g/mol. The minimum absolute atomic E-state index is 0. The van der Waals surface area contributed by atoms with Gasteiger partial charge in [0.2, 0.25) is 5.91 Å². The lowest BCUT2D eigenvalue weighted by atomic mass is 10.0. The van der Waals surface area contributed by atoms with Crippen molar-refractivity contribution in [1.82, 2.24) is 25.2 Å². The molecule has 1 unspecified atom stereocenters. The van der Waals surface area contributed by atoms with Crippen LogP contribution >= 0.6 is 36.2 Å². The van der Waals surface area contributed by atoms with Crippen molar-refractivity contribution >= 4 is 52.3 Å². The lowest BCUT2D eigenvalue weighted by Gasteiger charge is -2.26. The van der Waals surface area contributed by atoms with E-state index in [0.29, 0.717) is 6.54 Å². The summed E-state index contributed by atoms with van der Waals surface area (Å²) in [5, 5.41) is 4.21. The summed E-state index contributed by atoms with van der Waals surface area (Å²) in [7, 11) is 1.82. The zero-order valence-corrected chi connectivity index (χ0v) is 16.0. The Hall–Kier alpha value is -1.67. The lowest BCUT2D eigenvalue weighted by Crippen LogP contribution is -2.42. The molecule has 0 radical (unpaired) electrons. The Morgan fingerprint density at radius 1 is 1.36 bits per heavy atom. The number of rotatable bonds is 3. The van der Waals surface area contributed by atoms with Gasteiger partial charge in [0.25, 0.3) is 0 Å². The zero-order chi connectivity index (χ0) is 15.8. The van der Waals surface area contributed by atoms with Crippen LogP contribution in [0, 0.1) is 0 Å². The van der Waals surface area contributed by atoms with Crippen LogP contribution in [0.2, 0.25) is 0 Å². The minimum atomic E-state index is -0.371. The predicted molar refractivity (Wildman–Crippen MR) is 104 cm³/mol. The van der Waals surface area contributed by atoms with Crippen LogP contribution in [0.15, 0.2) is 30.6 Å². The number of thiazole rings is 1. The van der Waals surface area contributed by atoms with Crippen molar-refractivity contribution in [1.29, 1.82) is 0 Å². The number of hydrogen-bond acceptors (Lipinski definition) is 5. The number of benzene rings is 1. The number of aromatic nitrogens is 3. The van der Waals surface area contributed by atoms with E-state index in [4.69, 9.17) is 0 Å². The molecule has 0 bridgehead atoms. The van der Waals surface area contributed by atoms with E-state index >= 15 is 0 Å². The van der Waals surface area contributed by atoms with E-state index in [1.165, 1.54) is 0 Å². The molecule has 6 nitrogen and oxygen atoms in total.